The van der Waals surface area contributed by atoms with Crippen molar-refractivity contribution in [1.29, 1.82) is 0 Å². The van der Waals surface area contributed by atoms with Gasteiger partial charge in [-0.3, -0.25) is 0 Å². The minimum absolute atomic E-state index is 0.383. The molecule has 0 aliphatic rings. The standard InChI is InChI=1S/C12H13N3O/c1-8-4-3-5-10(9(8)2)16-12-7-14-11(13)6-15-12/h3-7H,1-2H3,(H2,13,14). The van der Waals surface area contributed by atoms with Gasteiger partial charge in [0, 0.05) is 0 Å². The van der Waals surface area contributed by atoms with Gasteiger partial charge in [0.2, 0.25) is 5.88 Å². The van der Waals surface area contributed by atoms with Gasteiger partial charge in [0.15, 0.2) is 0 Å². The number of aromatic nitrogens is 2. The van der Waals surface area contributed by atoms with Crippen LogP contribution in [0.3, 0.4) is 0 Å². The van der Waals surface area contributed by atoms with Crippen molar-refractivity contribution in [2.24, 2.45) is 0 Å². The summed E-state index contributed by atoms with van der Waals surface area (Å²) in [5.41, 5.74) is 7.72. The van der Waals surface area contributed by atoms with Crippen LogP contribution in [0.1, 0.15) is 11.1 Å². The van der Waals surface area contributed by atoms with Gasteiger partial charge in [-0.15, -0.1) is 0 Å². The van der Waals surface area contributed by atoms with Crippen LogP contribution in [-0.4, -0.2) is 9.97 Å². The molecule has 82 valence electrons. The molecule has 0 atom stereocenters. The zero-order chi connectivity index (χ0) is 11.5. The second kappa shape index (κ2) is 4.18. The Morgan fingerprint density at radius 1 is 1.12 bits per heavy atom. The Kier molecular flexibility index (Phi) is 2.72. The first-order valence-corrected chi connectivity index (χ1v) is 4.98. The maximum absolute atomic E-state index is 5.62. The minimum atomic E-state index is 0.383. The molecular formula is C12H13N3O. The molecule has 1 heterocycles. The average molecular weight is 215 g/mol. The average Bonchev–Trinajstić information content (AvgIpc) is 2.28. The Hall–Kier alpha value is -2.10. The summed E-state index contributed by atoms with van der Waals surface area (Å²) in [6.07, 6.45) is 2.98. The van der Waals surface area contributed by atoms with Gasteiger partial charge in [0.05, 0.1) is 12.4 Å². The Morgan fingerprint density at radius 3 is 2.62 bits per heavy atom. The van der Waals surface area contributed by atoms with Gasteiger partial charge in [-0.05, 0) is 31.0 Å². The van der Waals surface area contributed by atoms with Crippen LogP contribution in [0.5, 0.6) is 11.6 Å². The predicted octanol–water partition coefficient (Wildman–Crippen LogP) is 2.47. The third-order valence-corrected chi connectivity index (χ3v) is 2.42. The van der Waals surface area contributed by atoms with E-state index in [1.165, 1.54) is 18.0 Å². The second-order valence-electron chi connectivity index (χ2n) is 3.58. The first-order valence-electron chi connectivity index (χ1n) is 4.98. The number of aryl methyl sites for hydroxylation is 1. The number of nitrogen functional groups attached to an aromatic ring is 1. The fourth-order valence-corrected chi connectivity index (χ4v) is 1.33. The molecule has 1 aromatic heterocycles. The molecule has 0 saturated heterocycles. The van der Waals surface area contributed by atoms with Gasteiger partial charge in [0.1, 0.15) is 11.6 Å². The summed E-state index contributed by atoms with van der Waals surface area (Å²) < 4.78 is 5.62. The molecule has 0 aliphatic carbocycles. The van der Waals surface area contributed by atoms with E-state index in [1.54, 1.807) is 0 Å². The van der Waals surface area contributed by atoms with Crippen LogP contribution in [0.4, 0.5) is 5.82 Å². The van der Waals surface area contributed by atoms with Crippen molar-refractivity contribution >= 4 is 5.82 Å². The monoisotopic (exact) mass is 215 g/mol. The zero-order valence-corrected chi connectivity index (χ0v) is 9.27. The summed E-state index contributed by atoms with van der Waals surface area (Å²) in [7, 11) is 0. The van der Waals surface area contributed by atoms with Crippen LogP contribution in [0.2, 0.25) is 0 Å². The van der Waals surface area contributed by atoms with E-state index in [2.05, 4.69) is 9.97 Å². The number of ether oxygens (including phenoxy) is 1. The lowest BCUT2D eigenvalue weighted by molar-refractivity contribution is 0.456. The second-order valence-corrected chi connectivity index (χ2v) is 3.58. The molecule has 0 saturated carbocycles. The molecule has 2 N–H and O–H groups in total. The van der Waals surface area contributed by atoms with Crippen LogP contribution in [0, 0.1) is 13.8 Å². The normalized spacial score (nSPS) is 10.1. The van der Waals surface area contributed by atoms with Crippen molar-refractivity contribution in [3.05, 3.63) is 41.7 Å². The molecule has 0 spiro atoms. The highest BCUT2D eigenvalue weighted by molar-refractivity contribution is 5.40. The molecule has 4 heteroatoms. The SMILES string of the molecule is Cc1cccc(Oc2cnc(N)cn2)c1C. The van der Waals surface area contributed by atoms with Crippen molar-refractivity contribution < 1.29 is 4.74 Å². The summed E-state index contributed by atoms with van der Waals surface area (Å²) in [5.74, 6) is 1.62. The molecule has 2 rings (SSSR count). The number of benzene rings is 1. The van der Waals surface area contributed by atoms with Crippen molar-refractivity contribution in [3.8, 4) is 11.6 Å². The Bertz CT molecular complexity index is 494. The molecular weight excluding hydrogens is 202 g/mol. The van der Waals surface area contributed by atoms with Gasteiger partial charge in [0.25, 0.3) is 0 Å². The Morgan fingerprint density at radius 2 is 1.94 bits per heavy atom. The highest BCUT2D eigenvalue weighted by Crippen LogP contribution is 2.25. The molecule has 0 fully saturated rings. The van der Waals surface area contributed by atoms with E-state index >= 15 is 0 Å². The van der Waals surface area contributed by atoms with Crippen LogP contribution in [-0.2, 0) is 0 Å². The highest BCUT2D eigenvalue weighted by Gasteiger charge is 2.04. The van der Waals surface area contributed by atoms with Crippen LogP contribution in [0.25, 0.3) is 0 Å². The highest BCUT2D eigenvalue weighted by atomic mass is 16.5. The summed E-state index contributed by atoms with van der Waals surface area (Å²) in [4.78, 5) is 7.95. The molecule has 2 aromatic rings. The number of rotatable bonds is 2. The smallest absolute Gasteiger partial charge is 0.237 e. The summed E-state index contributed by atoms with van der Waals surface area (Å²) in [6.45, 7) is 4.05. The van der Waals surface area contributed by atoms with Gasteiger partial charge < -0.3 is 10.5 Å². The number of nitrogens with zero attached hydrogens (tertiary/aromatic N) is 2. The summed E-state index contributed by atoms with van der Waals surface area (Å²) in [6, 6.07) is 5.89. The lowest BCUT2D eigenvalue weighted by atomic mass is 10.1. The quantitative estimate of drug-likeness (QED) is 0.835. The lowest BCUT2D eigenvalue weighted by Gasteiger charge is -2.09. The molecule has 0 aliphatic heterocycles. The van der Waals surface area contributed by atoms with Gasteiger partial charge >= 0.3 is 0 Å². The third kappa shape index (κ3) is 2.11. The molecule has 1 aromatic carbocycles. The van der Waals surface area contributed by atoms with Crippen molar-refractivity contribution in [1.82, 2.24) is 9.97 Å². The van der Waals surface area contributed by atoms with Gasteiger partial charge in [-0.1, -0.05) is 12.1 Å². The van der Waals surface area contributed by atoms with Gasteiger partial charge in [-0.2, -0.15) is 0 Å². The Labute approximate surface area is 94.1 Å². The fraction of sp³-hybridized carbons (Fsp3) is 0.167. The molecule has 16 heavy (non-hydrogen) atoms. The van der Waals surface area contributed by atoms with E-state index in [4.69, 9.17) is 10.5 Å². The van der Waals surface area contributed by atoms with E-state index < -0.39 is 0 Å². The molecule has 0 bridgehead atoms. The molecule has 0 radical (unpaired) electrons. The number of nitrogens with two attached hydrogens (primary N) is 1. The predicted molar refractivity (Wildman–Crippen MR) is 62.4 cm³/mol. The van der Waals surface area contributed by atoms with E-state index in [0.29, 0.717) is 11.7 Å². The Balaban J connectivity index is 2.27. The van der Waals surface area contributed by atoms with Crippen molar-refractivity contribution in [3.63, 3.8) is 0 Å². The maximum atomic E-state index is 5.62. The van der Waals surface area contributed by atoms with Crippen molar-refractivity contribution in [2.45, 2.75) is 13.8 Å². The summed E-state index contributed by atoms with van der Waals surface area (Å²) in [5, 5.41) is 0. The van der Waals surface area contributed by atoms with Gasteiger partial charge in [-0.25, -0.2) is 9.97 Å². The van der Waals surface area contributed by atoms with Crippen LogP contribution >= 0.6 is 0 Å². The van der Waals surface area contributed by atoms with E-state index in [0.717, 1.165) is 11.3 Å². The van der Waals surface area contributed by atoms with E-state index in [-0.39, 0.29) is 0 Å². The largest absolute Gasteiger partial charge is 0.437 e. The zero-order valence-electron chi connectivity index (χ0n) is 9.27. The number of hydrogen-bond donors (Lipinski definition) is 1. The first kappa shape index (κ1) is 10.4. The fourth-order valence-electron chi connectivity index (χ4n) is 1.33. The van der Waals surface area contributed by atoms with Crippen LogP contribution in [0.15, 0.2) is 30.6 Å². The molecule has 0 unspecified atom stereocenters. The van der Waals surface area contributed by atoms with Crippen molar-refractivity contribution in [2.75, 3.05) is 5.73 Å². The third-order valence-electron chi connectivity index (χ3n) is 2.42. The topological polar surface area (TPSA) is 61.0 Å². The maximum Gasteiger partial charge on any atom is 0.237 e. The van der Waals surface area contributed by atoms with Crippen LogP contribution < -0.4 is 10.5 Å². The summed E-state index contributed by atoms with van der Waals surface area (Å²) >= 11 is 0. The van der Waals surface area contributed by atoms with E-state index in [1.807, 2.05) is 32.0 Å². The molecule has 0 amide bonds. The van der Waals surface area contributed by atoms with E-state index in [9.17, 15) is 0 Å². The lowest BCUT2D eigenvalue weighted by Crippen LogP contribution is -1.95. The minimum Gasteiger partial charge on any atom is -0.437 e. The number of hydrogen-bond acceptors (Lipinski definition) is 4. The molecule has 4 nitrogen and oxygen atoms in total. The first-order chi connectivity index (χ1) is 7.66. The number of anilines is 1.